The highest BCUT2D eigenvalue weighted by Crippen LogP contribution is 2.44. The van der Waals surface area contributed by atoms with Crippen molar-refractivity contribution in [1.82, 2.24) is 0 Å². The molecule has 0 aliphatic heterocycles. The predicted octanol–water partition coefficient (Wildman–Crippen LogP) is 6.89. The van der Waals surface area contributed by atoms with E-state index < -0.39 is 0 Å². The monoisotopic (exact) mass is 524 g/mol. The molecular formula is C10H9Br5. The van der Waals surface area contributed by atoms with Gasteiger partial charge in [-0.15, -0.1) is 0 Å². The first-order valence-corrected chi connectivity index (χ1v) is 8.52. The maximum atomic E-state index is 3.62. The van der Waals surface area contributed by atoms with Gasteiger partial charge in [-0.05, 0) is 78.8 Å². The number of benzene rings is 1. The lowest BCUT2D eigenvalue weighted by molar-refractivity contribution is 1.01. The van der Waals surface area contributed by atoms with E-state index in [1.54, 1.807) is 0 Å². The van der Waals surface area contributed by atoms with Gasteiger partial charge in [0.25, 0.3) is 0 Å². The van der Waals surface area contributed by atoms with Gasteiger partial charge in [-0.1, -0.05) is 31.9 Å². The Bertz CT molecular complexity index is 371. The lowest BCUT2D eigenvalue weighted by Gasteiger charge is -2.18. The minimum absolute atomic E-state index is 0.311. The van der Waals surface area contributed by atoms with Crippen molar-refractivity contribution in [3.8, 4) is 0 Å². The van der Waals surface area contributed by atoms with Gasteiger partial charge in [-0.25, -0.2) is 0 Å². The fourth-order valence-electron chi connectivity index (χ4n) is 1.36. The van der Waals surface area contributed by atoms with Crippen molar-refractivity contribution in [2.75, 3.05) is 0 Å². The third-order valence-corrected chi connectivity index (χ3v) is 6.35. The van der Waals surface area contributed by atoms with Crippen LogP contribution in [0.5, 0.6) is 0 Å². The maximum absolute atomic E-state index is 3.62. The van der Waals surface area contributed by atoms with E-state index in [9.17, 15) is 0 Å². The Hall–Kier alpha value is 1.62. The molecule has 0 spiro atoms. The Morgan fingerprint density at radius 1 is 0.933 bits per heavy atom. The summed E-state index contributed by atoms with van der Waals surface area (Å²) in [6.45, 7) is 4.25. The van der Waals surface area contributed by atoms with Crippen molar-refractivity contribution in [2.45, 2.75) is 23.5 Å². The van der Waals surface area contributed by atoms with E-state index in [1.807, 2.05) is 0 Å². The van der Waals surface area contributed by atoms with Crippen LogP contribution < -0.4 is 0 Å². The van der Waals surface area contributed by atoms with Crippen LogP contribution in [-0.2, 0) is 0 Å². The van der Waals surface area contributed by atoms with Crippen molar-refractivity contribution < 1.29 is 0 Å². The van der Waals surface area contributed by atoms with Gasteiger partial charge in [0, 0.05) is 23.1 Å². The molecule has 1 aromatic carbocycles. The van der Waals surface area contributed by atoms with E-state index in [1.165, 1.54) is 11.1 Å². The summed E-state index contributed by atoms with van der Waals surface area (Å²) in [5, 5.41) is 0. The van der Waals surface area contributed by atoms with Crippen LogP contribution in [0.15, 0.2) is 19.5 Å². The standard InChI is InChI=1S/C10H9Br5/c1-4(11)6-3-7(13)9(14)10(15)8(6)5(2)12/h3-5H,1-2H3. The number of rotatable bonds is 2. The number of halogens is 5. The van der Waals surface area contributed by atoms with Gasteiger partial charge >= 0.3 is 0 Å². The van der Waals surface area contributed by atoms with Gasteiger partial charge in [-0.2, -0.15) is 0 Å². The second-order valence-electron chi connectivity index (χ2n) is 3.22. The van der Waals surface area contributed by atoms with Gasteiger partial charge in [0.15, 0.2) is 0 Å². The van der Waals surface area contributed by atoms with Crippen molar-refractivity contribution in [3.05, 3.63) is 30.6 Å². The average Bonchev–Trinajstić information content (AvgIpc) is 2.12. The van der Waals surface area contributed by atoms with E-state index in [-0.39, 0.29) is 0 Å². The summed E-state index contributed by atoms with van der Waals surface area (Å²) in [5.74, 6) is 0. The van der Waals surface area contributed by atoms with E-state index in [2.05, 4.69) is 99.6 Å². The SMILES string of the molecule is CC(Br)c1cc(Br)c(Br)c(Br)c1C(C)Br. The second-order valence-corrected chi connectivity index (χ2v) is 8.41. The molecule has 2 unspecified atom stereocenters. The zero-order valence-electron chi connectivity index (χ0n) is 8.12. The number of hydrogen-bond acceptors (Lipinski definition) is 0. The maximum Gasteiger partial charge on any atom is 0.0462 e. The molecule has 0 amide bonds. The first-order chi connectivity index (χ1) is 6.86. The third-order valence-electron chi connectivity index (χ3n) is 2.06. The molecule has 0 aromatic heterocycles. The Morgan fingerprint density at radius 3 is 1.87 bits per heavy atom. The van der Waals surface area contributed by atoms with E-state index in [0.29, 0.717) is 9.65 Å². The highest BCUT2D eigenvalue weighted by molar-refractivity contribution is 9.14. The molecule has 0 bridgehead atoms. The molecule has 15 heavy (non-hydrogen) atoms. The molecule has 0 heterocycles. The minimum atomic E-state index is 0.311. The van der Waals surface area contributed by atoms with Gasteiger partial charge in [0.1, 0.15) is 0 Å². The van der Waals surface area contributed by atoms with Crippen molar-refractivity contribution in [3.63, 3.8) is 0 Å². The molecule has 0 nitrogen and oxygen atoms in total. The van der Waals surface area contributed by atoms with Gasteiger partial charge in [0.05, 0.1) is 0 Å². The molecule has 5 heteroatoms. The van der Waals surface area contributed by atoms with Gasteiger partial charge in [-0.3, -0.25) is 0 Å². The van der Waals surface area contributed by atoms with Gasteiger partial charge < -0.3 is 0 Å². The summed E-state index contributed by atoms with van der Waals surface area (Å²) in [6, 6.07) is 2.14. The Balaban J connectivity index is 3.51. The highest BCUT2D eigenvalue weighted by Gasteiger charge is 2.19. The summed E-state index contributed by atoms with van der Waals surface area (Å²) in [5.41, 5.74) is 2.55. The summed E-state index contributed by atoms with van der Waals surface area (Å²) >= 11 is 18.0. The van der Waals surface area contributed by atoms with Crippen molar-refractivity contribution >= 4 is 79.6 Å². The Morgan fingerprint density at radius 2 is 1.47 bits per heavy atom. The molecule has 1 aromatic rings. The van der Waals surface area contributed by atoms with Crippen LogP contribution >= 0.6 is 79.6 Å². The number of alkyl halides is 2. The lowest BCUT2D eigenvalue weighted by Crippen LogP contribution is -1.98. The quantitative estimate of drug-likeness (QED) is 0.290. The summed E-state index contributed by atoms with van der Waals surface area (Å²) in [7, 11) is 0. The second kappa shape index (κ2) is 5.98. The molecule has 0 fully saturated rings. The van der Waals surface area contributed by atoms with Gasteiger partial charge in [0.2, 0.25) is 0 Å². The third kappa shape index (κ3) is 3.30. The number of hydrogen-bond donors (Lipinski definition) is 0. The van der Waals surface area contributed by atoms with Crippen LogP contribution in [0.4, 0.5) is 0 Å². The summed E-state index contributed by atoms with van der Waals surface area (Å²) < 4.78 is 3.22. The highest BCUT2D eigenvalue weighted by atomic mass is 79.9. The largest absolute Gasteiger partial charge is 0.0842 e. The van der Waals surface area contributed by atoms with E-state index in [4.69, 9.17) is 0 Å². The first-order valence-electron chi connectivity index (χ1n) is 4.31. The minimum Gasteiger partial charge on any atom is -0.0842 e. The van der Waals surface area contributed by atoms with Crippen LogP contribution in [-0.4, -0.2) is 0 Å². The molecule has 0 aliphatic carbocycles. The van der Waals surface area contributed by atoms with Crippen molar-refractivity contribution in [1.29, 1.82) is 0 Å². The molecule has 0 saturated heterocycles. The van der Waals surface area contributed by atoms with E-state index in [0.717, 1.165) is 13.4 Å². The molecule has 84 valence electrons. The van der Waals surface area contributed by atoms with Crippen LogP contribution in [0.3, 0.4) is 0 Å². The fraction of sp³-hybridized carbons (Fsp3) is 0.400. The van der Waals surface area contributed by atoms with Crippen LogP contribution in [0.1, 0.15) is 34.6 Å². The first kappa shape index (κ1) is 14.7. The lowest BCUT2D eigenvalue weighted by atomic mass is 10.0. The van der Waals surface area contributed by atoms with E-state index >= 15 is 0 Å². The molecular weight excluding hydrogens is 520 g/mol. The zero-order chi connectivity index (χ0) is 11.7. The predicted molar refractivity (Wildman–Crippen MR) is 84.2 cm³/mol. The molecule has 0 saturated carbocycles. The average molecular weight is 529 g/mol. The molecule has 1 rings (SSSR count). The van der Waals surface area contributed by atoms with Crippen LogP contribution in [0.2, 0.25) is 0 Å². The molecule has 0 radical (unpaired) electrons. The Labute approximate surface area is 132 Å². The molecule has 2 atom stereocenters. The van der Waals surface area contributed by atoms with Crippen molar-refractivity contribution in [2.24, 2.45) is 0 Å². The summed E-state index contributed by atoms with van der Waals surface area (Å²) in [4.78, 5) is 0.638. The summed E-state index contributed by atoms with van der Waals surface area (Å²) in [6.07, 6.45) is 0. The van der Waals surface area contributed by atoms with Crippen LogP contribution in [0.25, 0.3) is 0 Å². The zero-order valence-corrected chi connectivity index (χ0v) is 16.1. The normalized spacial score (nSPS) is 15.1. The molecule has 0 aliphatic rings. The van der Waals surface area contributed by atoms with Crippen LogP contribution in [0, 0.1) is 0 Å². The molecule has 0 N–H and O–H groups in total. The Kier molecular flexibility index (Phi) is 5.86. The smallest absolute Gasteiger partial charge is 0.0462 e. The fourth-order valence-corrected chi connectivity index (χ4v) is 4.36. The topological polar surface area (TPSA) is 0 Å².